The van der Waals surface area contributed by atoms with Crippen LogP contribution in [-0.4, -0.2) is 36.5 Å². The Hall–Kier alpha value is -3.68. The van der Waals surface area contributed by atoms with E-state index in [4.69, 9.17) is 5.26 Å². The van der Waals surface area contributed by atoms with E-state index in [2.05, 4.69) is 28.4 Å². The highest BCUT2D eigenvalue weighted by molar-refractivity contribution is 5.87. The minimum absolute atomic E-state index is 0.0723. The lowest BCUT2D eigenvalue weighted by molar-refractivity contribution is -0.122. The summed E-state index contributed by atoms with van der Waals surface area (Å²) in [5, 5.41) is 12.3. The first-order valence-electron chi connectivity index (χ1n) is 11.5. The van der Waals surface area contributed by atoms with Gasteiger partial charge in [-0.05, 0) is 41.7 Å². The molecule has 0 aromatic heterocycles. The number of nitrogens with zero attached hydrogens (tertiary/aromatic N) is 2. The van der Waals surface area contributed by atoms with Gasteiger partial charge in [-0.1, -0.05) is 84.9 Å². The summed E-state index contributed by atoms with van der Waals surface area (Å²) in [5.74, 6) is -0.222. The van der Waals surface area contributed by atoms with Gasteiger partial charge in [-0.3, -0.25) is 9.69 Å². The molecule has 1 fully saturated rings. The maximum absolute atomic E-state index is 13.3. The van der Waals surface area contributed by atoms with Crippen molar-refractivity contribution in [2.45, 2.75) is 24.8 Å². The highest BCUT2D eigenvalue weighted by Gasteiger charge is 2.26. The lowest BCUT2D eigenvalue weighted by Gasteiger charge is -2.32. The number of rotatable bonds is 7. The van der Waals surface area contributed by atoms with E-state index in [1.807, 2.05) is 84.9 Å². The van der Waals surface area contributed by atoms with Crippen molar-refractivity contribution < 1.29 is 4.79 Å². The first kappa shape index (κ1) is 22.5. The van der Waals surface area contributed by atoms with Crippen LogP contribution in [0.3, 0.4) is 0 Å². The lowest BCUT2D eigenvalue weighted by Crippen LogP contribution is -2.46. The predicted octanol–water partition coefficient (Wildman–Crippen LogP) is 4.98. The molecule has 0 saturated carbocycles. The number of likely N-dealkylation sites (tertiary alicyclic amines) is 1. The summed E-state index contributed by atoms with van der Waals surface area (Å²) in [6, 6.07) is 30.0. The molecule has 33 heavy (non-hydrogen) atoms. The van der Waals surface area contributed by atoms with Crippen LogP contribution in [0.15, 0.2) is 91.0 Å². The van der Waals surface area contributed by atoms with E-state index in [0.717, 1.165) is 49.2 Å². The maximum atomic E-state index is 13.3. The second-order valence-electron chi connectivity index (χ2n) is 8.48. The van der Waals surface area contributed by atoms with Crippen LogP contribution >= 0.6 is 0 Å². The molecule has 0 atom stereocenters. The number of carbonyl (C=O) groups excluding carboxylic acids is 1. The van der Waals surface area contributed by atoms with E-state index in [9.17, 15) is 4.79 Å². The highest BCUT2D eigenvalue weighted by atomic mass is 16.1. The van der Waals surface area contributed by atoms with Crippen molar-refractivity contribution in [1.82, 2.24) is 10.2 Å². The minimum Gasteiger partial charge on any atom is -0.352 e. The zero-order chi connectivity index (χ0) is 22.9. The van der Waals surface area contributed by atoms with Crippen LogP contribution in [0, 0.1) is 11.3 Å². The molecule has 1 aliphatic heterocycles. The Labute approximate surface area is 196 Å². The molecule has 3 aromatic rings. The largest absolute Gasteiger partial charge is 0.352 e. The molecular weight excluding hydrogens is 406 g/mol. The number of nitriles is 1. The third kappa shape index (κ3) is 6.19. The molecule has 1 aliphatic rings. The van der Waals surface area contributed by atoms with Gasteiger partial charge in [-0.15, -0.1) is 0 Å². The molecule has 0 aliphatic carbocycles. The first-order chi connectivity index (χ1) is 16.2. The number of piperidine rings is 1. The van der Waals surface area contributed by atoms with E-state index >= 15 is 0 Å². The van der Waals surface area contributed by atoms with Crippen molar-refractivity contribution in [1.29, 1.82) is 5.26 Å². The van der Waals surface area contributed by atoms with Gasteiger partial charge in [0.05, 0.1) is 17.6 Å². The quantitative estimate of drug-likeness (QED) is 0.569. The molecule has 4 heteroatoms. The van der Waals surface area contributed by atoms with E-state index in [1.54, 1.807) is 0 Å². The van der Waals surface area contributed by atoms with Crippen molar-refractivity contribution >= 4 is 12.0 Å². The van der Waals surface area contributed by atoms with Gasteiger partial charge < -0.3 is 5.32 Å². The molecule has 1 saturated heterocycles. The summed E-state index contributed by atoms with van der Waals surface area (Å²) in [5.41, 5.74) is 3.76. The van der Waals surface area contributed by atoms with Crippen LogP contribution in [0.4, 0.5) is 0 Å². The van der Waals surface area contributed by atoms with Crippen molar-refractivity contribution in [3.05, 3.63) is 113 Å². The van der Waals surface area contributed by atoms with Crippen LogP contribution in [-0.2, 0) is 4.79 Å². The van der Waals surface area contributed by atoms with Gasteiger partial charge in [0.25, 0.3) is 0 Å². The Bertz CT molecular complexity index is 1070. The molecule has 1 N–H and O–H groups in total. The Kier molecular flexibility index (Phi) is 7.68. The van der Waals surface area contributed by atoms with Crippen molar-refractivity contribution in [3.8, 4) is 6.07 Å². The normalized spacial score (nSPS) is 14.9. The van der Waals surface area contributed by atoms with Gasteiger partial charge in [0.2, 0.25) is 5.91 Å². The van der Waals surface area contributed by atoms with Gasteiger partial charge in [0.15, 0.2) is 0 Å². The van der Waals surface area contributed by atoms with Crippen LogP contribution in [0.5, 0.6) is 0 Å². The fourth-order valence-corrected chi connectivity index (χ4v) is 4.38. The first-order valence-corrected chi connectivity index (χ1v) is 11.5. The fraction of sp³-hybridized carbons (Fsp3) is 0.241. The van der Waals surface area contributed by atoms with Gasteiger partial charge in [-0.25, -0.2) is 0 Å². The highest BCUT2D eigenvalue weighted by Crippen LogP contribution is 2.25. The van der Waals surface area contributed by atoms with E-state index < -0.39 is 0 Å². The molecule has 0 bridgehead atoms. The molecule has 1 amide bonds. The summed E-state index contributed by atoms with van der Waals surface area (Å²) in [6.07, 6.45) is 6.11. The second kappa shape index (κ2) is 11.3. The average molecular weight is 436 g/mol. The third-order valence-electron chi connectivity index (χ3n) is 6.15. The number of benzene rings is 3. The van der Waals surface area contributed by atoms with Gasteiger partial charge >= 0.3 is 0 Å². The second-order valence-corrected chi connectivity index (χ2v) is 8.48. The average Bonchev–Trinajstić information content (AvgIpc) is 2.87. The fourth-order valence-electron chi connectivity index (χ4n) is 4.38. The SMILES string of the molecule is N#Cc1cccc(/C=C/CN2CCC(NC(=O)C(c3ccccc3)c3ccccc3)CC2)c1. The van der Waals surface area contributed by atoms with Crippen molar-refractivity contribution in [3.63, 3.8) is 0 Å². The smallest absolute Gasteiger partial charge is 0.232 e. The maximum Gasteiger partial charge on any atom is 0.232 e. The molecule has 0 radical (unpaired) electrons. The molecule has 1 heterocycles. The summed E-state index contributed by atoms with van der Waals surface area (Å²) in [4.78, 5) is 15.7. The van der Waals surface area contributed by atoms with Gasteiger partial charge in [-0.2, -0.15) is 5.26 Å². The molecule has 4 rings (SSSR count). The van der Waals surface area contributed by atoms with Gasteiger partial charge in [0, 0.05) is 25.7 Å². The van der Waals surface area contributed by atoms with E-state index in [1.165, 1.54) is 0 Å². The topological polar surface area (TPSA) is 56.1 Å². The van der Waals surface area contributed by atoms with Crippen LogP contribution in [0.2, 0.25) is 0 Å². The van der Waals surface area contributed by atoms with Crippen LogP contribution in [0.1, 0.15) is 41.0 Å². The summed E-state index contributed by atoms with van der Waals surface area (Å²) in [7, 11) is 0. The van der Waals surface area contributed by atoms with Gasteiger partial charge in [0.1, 0.15) is 0 Å². The zero-order valence-corrected chi connectivity index (χ0v) is 18.7. The van der Waals surface area contributed by atoms with E-state index in [0.29, 0.717) is 5.56 Å². The summed E-state index contributed by atoms with van der Waals surface area (Å²) in [6.45, 7) is 2.78. The Balaban J connectivity index is 1.31. The number of hydrogen-bond donors (Lipinski definition) is 1. The standard InChI is InChI=1S/C29H29N3O/c30-22-24-10-7-9-23(21-24)11-8-18-32-19-16-27(17-20-32)31-29(33)28(25-12-3-1-4-13-25)26-14-5-2-6-15-26/h1-15,21,27-28H,16-20H2,(H,31,33)/b11-8+. The van der Waals surface area contributed by atoms with Crippen molar-refractivity contribution in [2.24, 2.45) is 0 Å². The Morgan fingerprint density at radius 3 is 2.21 bits per heavy atom. The Morgan fingerprint density at radius 2 is 1.61 bits per heavy atom. The third-order valence-corrected chi connectivity index (χ3v) is 6.15. The molecule has 4 nitrogen and oxygen atoms in total. The summed E-state index contributed by atoms with van der Waals surface area (Å²) >= 11 is 0. The molecular formula is C29H29N3O. The molecule has 0 unspecified atom stereocenters. The number of nitrogens with one attached hydrogen (secondary N) is 1. The molecule has 0 spiro atoms. The zero-order valence-electron chi connectivity index (χ0n) is 18.7. The van der Waals surface area contributed by atoms with Crippen LogP contribution in [0.25, 0.3) is 6.08 Å². The van der Waals surface area contributed by atoms with Crippen molar-refractivity contribution in [2.75, 3.05) is 19.6 Å². The lowest BCUT2D eigenvalue weighted by atomic mass is 9.90. The summed E-state index contributed by atoms with van der Waals surface area (Å²) < 4.78 is 0. The van der Waals surface area contributed by atoms with Crippen LogP contribution < -0.4 is 5.32 Å². The van der Waals surface area contributed by atoms with E-state index in [-0.39, 0.29) is 17.9 Å². The predicted molar refractivity (Wildman–Crippen MR) is 133 cm³/mol. The monoisotopic (exact) mass is 435 g/mol. The minimum atomic E-state index is -0.294. The number of carbonyl (C=O) groups is 1. The molecule has 3 aromatic carbocycles. The number of amides is 1. The Morgan fingerprint density at radius 1 is 0.970 bits per heavy atom. The molecule has 166 valence electrons. The number of hydrogen-bond acceptors (Lipinski definition) is 3.